The van der Waals surface area contributed by atoms with Crippen molar-refractivity contribution in [2.45, 2.75) is 24.9 Å². The first kappa shape index (κ1) is 8.52. The van der Waals surface area contributed by atoms with Crippen LogP contribution < -0.4 is 0 Å². The Labute approximate surface area is 78.7 Å². The summed E-state index contributed by atoms with van der Waals surface area (Å²) in [5, 5.41) is 10.1. The molecule has 1 aliphatic rings. The predicted octanol–water partition coefficient (Wildman–Crippen LogP) is 2.31. The second kappa shape index (κ2) is 3.35. The SMILES string of the molecule is OC1(Cc2ccccc2)CC=CC1. The molecule has 0 bridgehead atoms. The van der Waals surface area contributed by atoms with Crippen LogP contribution in [0.15, 0.2) is 42.5 Å². The van der Waals surface area contributed by atoms with Gasteiger partial charge in [-0.3, -0.25) is 0 Å². The molecule has 0 spiro atoms. The number of hydrogen-bond donors (Lipinski definition) is 1. The fourth-order valence-corrected chi connectivity index (χ4v) is 1.81. The van der Waals surface area contributed by atoms with E-state index in [9.17, 15) is 5.11 Å². The summed E-state index contributed by atoms with van der Waals surface area (Å²) in [6.07, 6.45) is 6.47. The lowest BCUT2D eigenvalue weighted by Crippen LogP contribution is -2.27. The Balaban J connectivity index is 2.06. The first-order chi connectivity index (χ1) is 6.29. The predicted molar refractivity (Wildman–Crippen MR) is 53.5 cm³/mol. The van der Waals surface area contributed by atoms with E-state index >= 15 is 0 Å². The molecule has 0 aliphatic heterocycles. The second-order valence-corrected chi connectivity index (χ2v) is 3.77. The fourth-order valence-electron chi connectivity index (χ4n) is 1.81. The maximum absolute atomic E-state index is 10.1. The maximum Gasteiger partial charge on any atom is 0.0756 e. The van der Waals surface area contributed by atoms with Gasteiger partial charge in [0.1, 0.15) is 0 Å². The third-order valence-corrected chi connectivity index (χ3v) is 2.54. The first-order valence-electron chi connectivity index (χ1n) is 4.70. The van der Waals surface area contributed by atoms with Crippen molar-refractivity contribution in [1.29, 1.82) is 0 Å². The smallest absolute Gasteiger partial charge is 0.0756 e. The van der Waals surface area contributed by atoms with E-state index in [0.717, 1.165) is 19.3 Å². The summed E-state index contributed by atoms with van der Waals surface area (Å²) in [5.41, 5.74) is 0.704. The lowest BCUT2D eigenvalue weighted by atomic mass is 9.92. The van der Waals surface area contributed by atoms with Gasteiger partial charge in [-0.05, 0) is 18.4 Å². The molecule has 0 heterocycles. The summed E-state index contributed by atoms with van der Waals surface area (Å²) >= 11 is 0. The highest BCUT2D eigenvalue weighted by atomic mass is 16.3. The van der Waals surface area contributed by atoms with Crippen LogP contribution in [0.3, 0.4) is 0 Å². The lowest BCUT2D eigenvalue weighted by molar-refractivity contribution is 0.0544. The van der Waals surface area contributed by atoms with Crippen molar-refractivity contribution in [3.05, 3.63) is 48.0 Å². The number of hydrogen-bond acceptors (Lipinski definition) is 1. The van der Waals surface area contributed by atoms with E-state index in [1.165, 1.54) is 5.56 Å². The molecule has 68 valence electrons. The lowest BCUT2D eigenvalue weighted by Gasteiger charge is -2.21. The molecule has 0 radical (unpaired) electrons. The molecule has 0 fully saturated rings. The monoisotopic (exact) mass is 174 g/mol. The molecule has 1 N–H and O–H groups in total. The van der Waals surface area contributed by atoms with Crippen LogP contribution in [0.4, 0.5) is 0 Å². The Morgan fingerprint density at radius 3 is 2.31 bits per heavy atom. The fraction of sp³-hybridized carbons (Fsp3) is 0.333. The Morgan fingerprint density at radius 1 is 1.08 bits per heavy atom. The van der Waals surface area contributed by atoms with E-state index in [4.69, 9.17) is 0 Å². The molecule has 2 rings (SSSR count). The van der Waals surface area contributed by atoms with E-state index in [2.05, 4.69) is 24.3 Å². The molecule has 0 atom stereocenters. The molecule has 0 aromatic heterocycles. The minimum Gasteiger partial charge on any atom is -0.389 e. The van der Waals surface area contributed by atoms with Crippen molar-refractivity contribution in [2.75, 3.05) is 0 Å². The van der Waals surface area contributed by atoms with Gasteiger partial charge in [-0.15, -0.1) is 0 Å². The van der Waals surface area contributed by atoms with E-state index in [0.29, 0.717) is 0 Å². The average Bonchev–Trinajstić information content (AvgIpc) is 2.54. The third-order valence-electron chi connectivity index (χ3n) is 2.54. The minimum absolute atomic E-state index is 0.513. The van der Waals surface area contributed by atoms with Crippen LogP contribution >= 0.6 is 0 Å². The van der Waals surface area contributed by atoms with Crippen molar-refractivity contribution in [1.82, 2.24) is 0 Å². The zero-order valence-electron chi connectivity index (χ0n) is 7.61. The topological polar surface area (TPSA) is 20.2 Å². The van der Waals surface area contributed by atoms with Crippen molar-refractivity contribution in [2.24, 2.45) is 0 Å². The van der Waals surface area contributed by atoms with Gasteiger partial charge in [-0.25, -0.2) is 0 Å². The molecule has 1 aromatic carbocycles. The Bertz CT molecular complexity index is 292. The Kier molecular flexibility index (Phi) is 2.19. The van der Waals surface area contributed by atoms with Crippen LogP contribution in [0.2, 0.25) is 0 Å². The quantitative estimate of drug-likeness (QED) is 0.682. The largest absolute Gasteiger partial charge is 0.389 e. The van der Waals surface area contributed by atoms with E-state index in [1.807, 2.05) is 18.2 Å². The van der Waals surface area contributed by atoms with Crippen LogP contribution in [0.25, 0.3) is 0 Å². The molecule has 0 unspecified atom stereocenters. The van der Waals surface area contributed by atoms with E-state index in [1.54, 1.807) is 0 Å². The summed E-state index contributed by atoms with van der Waals surface area (Å²) in [4.78, 5) is 0. The summed E-state index contributed by atoms with van der Waals surface area (Å²) < 4.78 is 0. The molecule has 13 heavy (non-hydrogen) atoms. The van der Waals surface area contributed by atoms with E-state index < -0.39 is 5.60 Å². The van der Waals surface area contributed by atoms with Crippen LogP contribution in [0.5, 0.6) is 0 Å². The summed E-state index contributed by atoms with van der Waals surface area (Å²) in [5.74, 6) is 0. The van der Waals surface area contributed by atoms with E-state index in [-0.39, 0.29) is 0 Å². The highest BCUT2D eigenvalue weighted by Gasteiger charge is 2.27. The van der Waals surface area contributed by atoms with Crippen molar-refractivity contribution < 1.29 is 5.11 Å². The molecule has 1 aliphatic carbocycles. The first-order valence-corrected chi connectivity index (χ1v) is 4.70. The number of rotatable bonds is 2. The molecule has 1 heteroatoms. The Hall–Kier alpha value is -1.08. The van der Waals surface area contributed by atoms with Gasteiger partial charge in [0, 0.05) is 6.42 Å². The minimum atomic E-state index is -0.513. The highest BCUT2D eigenvalue weighted by Crippen LogP contribution is 2.27. The zero-order chi connectivity index (χ0) is 9.15. The molecular formula is C12H14O. The second-order valence-electron chi connectivity index (χ2n) is 3.77. The summed E-state index contributed by atoms with van der Waals surface area (Å²) in [7, 11) is 0. The standard InChI is InChI=1S/C12H14O/c13-12(8-4-5-9-12)10-11-6-2-1-3-7-11/h1-7,13H,8-10H2. The van der Waals surface area contributed by atoms with Gasteiger partial charge in [0.25, 0.3) is 0 Å². The molecule has 0 amide bonds. The molecule has 0 saturated heterocycles. The van der Waals surface area contributed by atoms with Gasteiger partial charge in [-0.2, -0.15) is 0 Å². The van der Waals surface area contributed by atoms with Crippen molar-refractivity contribution in [3.8, 4) is 0 Å². The van der Waals surface area contributed by atoms with Crippen LogP contribution in [0.1, 0.15) is 18.4 Å². The summed E-state index contributed by atoms with van der Waals surface area (Å²) in [6, 6.07) is 10.2. The van der Waals surface area contributed by atoms with Gasteiger partial charge in [-0.1, -0.05) is 42.5 Å². The molecule has 0 saturated carbocycles. The zero-order valence-corrected chi connectivity index (χ0v) is 7.61. The van der Waals surface area contributed by atoms with Crippen molar-refractivity contribution in [3.63, 3.8) is 0 Å². The van der Waals surface area contributed by atoms with Gasteiger partial charge in [0.2, 0.25) is 0 Å². The number of aliphatic hydroxyl groups is 1. The van der Waals surface area contributed by atoms with Crippen LogP contribution in [0, 0.1) is 0 Å². The Morgan fingerprint density at radius 2 is 1.69 bits per heavy atom. The van der Waals surface area contributed by atoms with Gasteiger partial charge < -0.3 is 5.11 Å². The summed E-state index contributed by atoms with van der Waals surface area (Å²) in [6.45, 7) is 0. The molecule has 1 nitrogen and oxygen atoms in total. The van der Waals surface area contributed by atoms with Crippen LogP contribution in [-0.4, -0.2) is 10.7 Å². The number of benzene rings is 1. The van der Waals surface area contributed by atoms with Gasteiger partial charge in [0.05, 0.1) is 5.60 Å². The maximum atomic E-state index is 10.1. The third kappa shape index (κ3) is 1.99. The molecule has 1 aromatic rings. The molecular weight excluding hydrogens is 160 g/mol. The average molecular weight is 174 g/mol. The van der Waals surface area contributed by atoms with Crippen LogP contribution in [-0.2, 0) is 6.42 Å². The van der Waals surface area contributed by atoms with Gasteiger partial charge in [0.15, 0.2) is 0 Å². The van der Waals surface area contributed by atoms with Gasteiger partial charge >= 0.3 is 0 Å². The highest BCUT2D eigenvalue weighted by molar-refractivity contribution is 5.19. The van der Waals surface area contributed by atoms with Crippen molar-refractivity contribution >= 4 is 0 Å². The normalized spacial score (nSPS) is 19.2.